The molecule has 0 aliphatic heterocycles. The van der Waals surface area contributed by atoms with E-state index in [1.54, 1.807) is 0 Å². The third-order valence-corrected chi connectivity index (χ3v) is 7.47. The van der Waals surface area contributed by atoms with E-state index in [1.807, 2.05) is 0 Å². The number of ketones is 2. The van der Waals surface area contributed by atoms with Gasteiger partial charge in [0.25, 0.3) is 20.0 Å². The molecule has 31 heavy (non-hydrogen) atoms. The first-order valence-corrected chi connectivity index (χ1v) is 11.0. The fraction of sp³-hybridized carbons (Fsp3) is 0.0588. The van der Waals surface area contributed by atoms with Crippen molar-refractivity contribution in [3.8, 4) is 0 Å². The van der Waals surface area contributed by atoms with Gasteiger partial charge in [0.2, 0.25) is 0 Å². The highest BCUT2D eigenvalue weighted by Crippen LogP contribution is 2.31. The number of carbonyl (C=O) groups excluding carboxylic acids is 2. The van der Waals surface area contributed by atoms with Crippen molar-refractivity contribution in [1.82, 2.24) is 9.03 Å². The van der Waals surface area contributed by atoms with Gasteiger partial charge >= 0.3 is 12.2 Å². The number of rotatable bonds is 4. The Bertz CT molecular complexity index is 1390. The molecule has 2 amide bonds. The second-order valence-corrected chi connectivity index (χ2v) is 9.89. The van der Waals surface area contributed by atoms with Crippen LogP contribution in [-0.4, -0.2) is 62.2 Å². The highest BCUT2D eigenvalue weighted by molar-refractivity contribution is 7.90. The summed E-state index contributed by atoms with van der Waals surface area (Å²) in [5, 5.41) is 17.6. The maximum absolute atomic E-state index is 12.8. The van der Waals surface area contributed by atoms with E-state index in [-0.39, 0.29) is 26.6 Å². The third-order valence-electron chi connectivity index (χ3n) is 4.42. The summed E-state index contributed by atoms with van der Waals surface area (Å²) < 4.78 is 50.1. The number of hydrogen-bond acceptors (Lipinski definition) is 8. The minimum absolute atomic E-state index is 0.0460. The molecule has 0 unspecified atom stereocenters. The Kier molecular flexibility index (Phi) is 5.07. The minimum atomic E-state index is -4.51. The number of nitrogens with one attached hydrogen (secondary N) is 1. The number of sulfonamides is 2. The molecule has 14 heteroatoms. The van der Waals surface area contributed by atoms with Crippen LogP contribution in [0.25, 0.3) is 0 Å². The van der Waals surface area contributed by atoms with E-state index in [9.17, 15) is 36.0 Å². The van der Waals surface area contributed by atoms with E-state index < -0.39 is 53.6 Å². The van der Waals surface area contributed by atoms with E-state index in [1.165, 1.54) is 4.72 Å². The SMILES string of the molecule is CN(C(=O)O)S(=O)(=O)c1ccc2c(c1)C(=O)c1ccc(S(=O)(=O)NC(=O)O)cc1C2=O. The van der Waals surface area contributed by atoms with Crippen molar-refractivity contribution in [2.45, 2.75) is 9.79 Å². The zero-order valence-electron chi connectivity index (χ0n) is 15.4. The number of benzene rings is 2. The van der Waals surface area contributed by atoms with Gasteiger partial charge in [0.1, 0.15) is 0 Å². The summed E-state index contributed by atoms with van der Waals surface area (Å²) >= 11 is 0. The Hall–Kier alpha value is -3.78. The number of carboxylic acid groups (broad SMARTS) is 2. The lowest BCUT2D eigenvalue weighted by atomic mass is 9.84. The van der Waals surface area contributed by atoms with Gasteiger partial charge in [-0.25, -0.2) is 35.5 Å². The molecular formula is C17H12N2O10S2. The summed E-state index contributed by atoms with van der Waals surface area (Å²) in [6.07, 6.45) is -3.60. The van der Waals surface area contributed by atoms with Crippen molar-refractivity contribution in [1.29, 1.82) is 0 Å². The molecule has 0 saturated heterocycles. The first-order valence-electron chi connectivity index (χ1n) is 8.12. The van der Waals surface area contributed by atoms with Crippen LogP contribution < -0.4 is 4.72 Å². The average Bonchev–Trinajstić information content (AvgIpc) is 2.69. The first-order chi connectivity index (χ1) is 14.3. The van der Waals surface area contributed by atoms with Crippen LogP contribution in [0.3, 0.4) is 0 Å². The second kappa shape index (κ2) is 7.17. The van der Waals surface area contributed by atoms with Crippen LogP contribution in [0.5, 0.6) is 0 Å². The molecule has 0 bridgehead atoms. The Morgan fingerprint density at radius 2 is 1.26 bits per heavy atom. The number of nitrogens with zero attached hydrogens (tertiary/aromatic N) is 1. The van der Waals surface area contributed by atoms with Crippen LogP contribution in [0.1, 0.15) is 31.8 Å². The average molecular weight is 468 g/mol. The van der Waals surface area contributed by atoms with E-state index in [0.29, 0.717) is 0 Å². The van der Waals surface area contributed by atoms with Crippen LogP contribution in [0.15, 0.2) is 46.2 Å². The van der Waals surface area contributed by atoms with Crippen LogP contribution in [-0.2, 0) is 20.0 Å². The number of carbonyl (C=O) groups is 4. The van der Waals surface area contributed by atoms with Gasteiger partial charge in [-0.05, 0) is 36.4 Å². The molecule has 0 aromatic heterocycles. The summed E-state index contributed by atoms with van der Waals surface area (Å²) in [6, 6.07) is 5.57. The Balaban J connectivity index is 2.13. The molecule has 2 aromatic carbocycles. The minimum Gasteiger partial charge on any atom is -0.464 e. The van der Waals surface area contributed by atoms with Crippen LogP contribution in [0.4, 0.5) is 9.59 Å². The lowest BCUT2D eigenvalue weighted by Gasteiger charge is -2.20. The molecule has 0 radical (unpaired) electrons. The van der Waals surface area contributed by atoms with Gasteiger partial charge in [0, 0.05) is 29.3 Å². The normalized spacial score (nSPS) is 13.2. The zero-order chi connectivity index (χ0) is 23.3. The number of amides is 2. The maximum Gasteiger partial charge on any atom is 0.421 e. The van der Waals surface area contributed by atoms with E-state index in [0.717, 1.165) is 43.4 Å². The maximum atomic E-state index is 12.8. The number of fused-ring (bicyclic) bond motifs is 2. The van der Waals surface area contributed by atoms with E-state index in [2.05, 4.69) is 0 Å². The molecule has 1 aliphatic rings. The molecule has 0 fully saturated rings. The fourth-order valence-corrected chi connectivity index (χ4v) is 4.77. The van der Waals surface area contributed by atoms with Crippen molar-refractivity contribution in [3.63, 3.8) is 0 Å². The third kappa shape index (κ3) is 3.62. The largest absolute Gasteiger partial charge is 0.464 e. The summed E-state index contributed by atoms with van der Waals surface area (Å²) in [5.74, 6) is -1.60. The molecule has 3 N–H and O–H groups in total. The van der Waals surface area contributed by atoms with Crippen LogP contribution >= 0.6 is 0 Å². The monoisotopic (exact) mass is 468 g/mol. The van der Waals surface area contributed by atoms with Gasteiger partial charge in [0.15, 0.2) is 11.6 Å². The van der Waals surface area contributed by atoms with Crippen molar-refractivity contribution >= 4 is 43.8 Å². The Morgan fingerprint density at radius 1 is 0.806 bits per heavy atom. The van der Waals surface area contributed by atoms with Crippen molar-refractivity contribution in [2.75, 3.05) is 7.05 Å². The summed E-state index contributed by atoms with van der Waals surface area (Å²) in [7, 11) is -8.21. The van der Waals surface area contributed by atoms with E-state index in [4.69, 9.17) is 10.2 Å². The van der Waals surface area contributed by atoms with Gasteiger partial charge in [0.05, 0.1) is 9.79 Å². The lowest BCUT2D eigenvalue weighted by Crippen LogP contribution is -2.32. The highest BCUT2D eigenvalue weighted by Gasteiger charge is 2.34. The van der Waals surface area contributed by atoms with Crippen LogP contribution in [0.2, 0.25) is 0 Å². The van der Waals surface area contributed by atoms with Crippen molar-refractivity contribution in [2.24, 2.45) is 0 Å². The second-order valence-electron chi connectivity index (χ2n) is 6.24. The first kappa shape index (κ1) is 21.9. The van der Waals surface area contributed by atoms with Gasteiger partial charge in [-0.2, -0.15) is 0 Å². The van der Waals surface area contributed by atoms with Gasteiger partial charge in [-0.1, -0.05) is 0 Å². The molecule has 0 spiro atoms. The van der Waals surface area contributed by atoms with Crippen molar-refractivity contribution in [3.05, 3.63) is 58.7 Å². The fourth-order valence-electron chi connectivity index (χ4n) is 2.87. The molecular weight excluding hydrogens is 456 g/mol. The molecule has 0 atom stereocenters. The Labute approximate surface area is 174 Å². The lowest BCUT2D eigenvalue weighted by molar-refractivity contribution is 0.0978. The predicted octanol–water partition coefficient (Wildman–Crippen LogP) is 0.717. The zero-order valence-corrected chi connectivity index (χ0v) is 17.0. The van der Waals surface area contributed by atoms with Gasteiger partial charge in [-0.15, -0.1) is 0 Å². The number of hydrogen-bond donors (Lipinski definition) is 3. The molecule has 12 nitrogen and oxygen atoms in total. The van der Waals surface area contributed by atoms with Gasteiger partial charge in [-0.3, -0.25) is 9.59 Å². The molecule has 3 rings (SSSR count). The quantitative estimate of drug-likeness (QED) is 0.491. The standard InChI is InChI=1S/C17H12N2O10S2/c1-19(17(24)25)31(28,29)9-3-5-11-13(7-9)15(21)10-4-2-8(6-12(10)14(11)20)30(26,27)18-16(22)23/h2-7,18H,1H3,(H,22,23)(H,24,25). The van der Waals surface area contributed by atoms with Crippen LogP contribution in [0, 0.1) is 0 Å². The van der Waals surface area contributed by atoms with Crippen molar-refractivity contribution < 1.29 is 46.2 Å². The Morgan fingerprint density at radius 3 is 1.71 bits per heavy atom. The smallest absolute Gasteiger partial charge is 0.421 e. The molecule has 2 aromatic rings. The molecule has 1 aliphatic carbocycles. The highest BCUT2D eigenvalue weighted by atomic mass is 32.2. The predicted molar refractivity (Wildman–Crippen MR) is 101 cm³/mol. The van der Waals surface area contributed by atoms with Gasteiger partial charge < -0.3 is 10.2 Å². The molecule has 0 heterocycles. The summed E-state index contributed by atoms with van der Waals surface area (Å²) in [6.45, 7) is 0. The molecule has 0 saturated carbocycles. The topological polar surface area (TPSA) is 192 Å². The summed E-state index contributed by atoms with van der Waals surface area (Å²) in [4.78, 5) is 46.2. The molecule has 162 valence electrons. The summed E-state index contributed by atoms with van der Waals surface area (Å²) in [5.41, 5.74) is -1.08. The van der Waals surface area contributed by atoms with E-state index >= 15 is 0 Å².